The molecule has 196 valence electrons. The van der Waals surface area contributed by atoms with Crippen LogP contribution in [-0.2, 0) is 24.8 Å². The lowest BCUT2D eigenvalue weighted by Crippen LogP contribution is -2.51. The van der Waals surface area contributed by atoms with Crippen LogP contribution < -0.4 is 10.9 Å². The van der Waals surface area contributed by atoms with E-state index in [0.717, 1.165) is 64.2 Å². The first-order valence-corrected chi connectivity index (χ1v) is 13.4. The number of amides is 1. The molecule has 1 saturated carbocycles. The van der Waals surface area contributed by atoms with E-state index in [1.54, 1.807) is 6.07 Å². The fraction of sp³-hybridized carbons (Fsp3) is 0.444. The van der Waals surface area contributed by atoms with E-state index < -0.39 is 7.12 Å². The summed E-state index contributed by atoms with van der Waals surface area (Å²) in [5.41, 5.74) is 5.47. The number of aromatic nitrogens is 4. The average Bonchev–Trinajstić information content (AvgIpc) is 3.60. The van der Waals surface area contributed by atoms with Crippen molar-refractivity contribution in [3.05, 3.63) is 41.5 Å². The van der Waals surface area contributed by atoms with Crippen molar-refractivity contribution < 1.29 is 19.6 Å². The molecule has 3 N–H and O–H groups in total. The summed E-state index contributed by atoms with van der Waals surface area (Å²) in [6.07, 6.45) is 3.17. The molecule has 5 heterocycles. The van der Waals surface area contributed by atoms with Gasteiger partial charge in [-0.3, -0.25) is 4.79 Å². The molecule has 1 amide bonds. The highest BCUT2D eigenvalue weighted by atomic mass is 16.5. The Bertz CT molecular complexity index is 1550. The molecule has 2 fully saturated rings. The molecule has 0 unspecified atom stereocenters. The summed E-state index contributed by atoms with van der Waals surface area (Å²) in [5, 5.41) is 23.8. The summed E-state index contributed by atoms with van der Waals surface area (Å²) in [6.45, 7) is 4.30. The van der Waals surface area contributed by atoms with E-state index in [-0.39, 0.29) is 17.5 Å². The molecule has 3 aliphatic rings. The van der Waals surface area contributed by atoms with Crippen molar-refractivity contribution in [2.24, 2.45) is 13.0 Å². The van der Waals surface area contributed by atoms with E-state index in [9.17, 15) is 14.8 Å². The Balaban J connectivity index is 1.28. The van der Waals surface area contributed by atoms with Crippen molar-refractivity contribution in [2.45, 2.75) is 31.8 Å². The molecule has 0 bridgehead atoms. The number of morpholine rings is 1. The van der Waals surface area contributed by atoms with Gasteiger partial charge in [0.05, 0.1) is 35.5 Å². The zero-order valence-electron chi connectivity index (χ0n) is 21.4. The van der Waals surface area contributed by atoms with Gasteiger partial charge >= 0.3 is 7.12 Å². The number of ether oxygens (including phenoxy) is 1. The number of benzene rings is 1. The van der Waals surface area contributed by atoms with Gasteiger partial charge in [-0.15, -0.1) is 0 Å². The van der Waals surface area contributed by atoms with Crippen LogP contribution in [0.15, 0.2) is 30.3 Å². The summed E-state index contributed by atoms with van der Waals surface area (Å²) in [5.74, 6) is 1.44. The second-order valence-corrected chi connectivity index (χ2v) is 10.8. The maximum atomic E-state index is 13.5. The smallest absolute Gasteiger partial charge is 0.422 e. The molecule has 38 heavy (non-hydrogen) atoms. The highest BCUT2D eigenvalue weighted by molar-refractivity contribution is 6.57. The molecule has 1 atom stereocenters. The molecular weight excluding hydrogens is 483 g/mol. The number of rotatable bonds is 6. The van der Waals surface area contributed by atoms with Crippen LogP contribution >= 0.6 is 0 Å². The Kier molecular flexibility index (Phi) is 5.77. The molecule has 11 heteroatoms. The molecule has 2 aliphatic heterocycles. The van der Waals surface area contributed by atoms with Gasteiger partial charge in [-0.2, -0.15) is 0 Å². The molecule has 0 spiro atoms. The predicted octanol–water partition coefficient (Wildman–Crippen LogP) is 0.667. The van der Waals surface area contributed by atoms with Gasteiger partial charge in [-0.05, 0) is 55.0 Å². The highest BCUT2D eigenvalue weighted by Gasteiger charge is 2.30. The normalized spacial score (nSPS) is 19.9. The lowest BCUT2D eigenvalue weighted by Gasteiger charge is -2.33. The predicted molar refractivity (Wildman–Crippen MR) is 144 cm³/mol. The van der Waals surface area contributed by atoms with E-state index >= 15 is 0 Å². The number of imidazole rings is 1. The van der Waals surface area contributed by atoms with Crippen LogP contribution in [0.25, 0.3) is 33.6 Å². The molecule has 3 aromatic heterocycles. The Morgan fingerprint density at radius 3 is 2.79 bits per heavy atom. The molecule has 1 saturated heterocycles. The van der Waals surface area contributed by atoms with Crippen molar-refractivity contribution >= 4 is 40.7 Å². The van der Waals surface area contributed by atoms with Crippen LogP contribution in [0.1, 0.15) is 28.8 Å². The fourth-order valence-corrected chi connectivity index (χ4v) is 5.84. The van der Waals surface area contributed by atoms with Crippen LogP contribution in [0.3, 0.4) is 0 Å². The Labute approximate surface area is 220 Å². The first-order chi connectivity index (χ1) is 18.5. The first kappa shape index (κ1) is 23.8. The van der Waals surface area contributed by atoms with Crippen LogP contribution in [0, 0.1) is 5.92 Å². The third-order valence-corrected chi connectivity index (χ3v) is 8.11. The quantitative estimate of drug-likeness (QED) is 0.324. The summed E-state index contributed by atoms with van der Waals surface area (Å²) in [7, 11) is 0.394. The van der Waals surface area contributed by atoms with E-state index in [1.165, 1.54) is 12.8 Å². The van der Waals surface area contributed by atoms with Crippen LogP contribution in [0.5, 0.6) is 0 Å². The number of nitrogens with zero attached hydrogens (tertiary/aromatic N) is 5. The number of fused-ring (bicyclic) bond motifs is 3. The van der Waals surface area contributed by atoms with E-state index in [1.807, 2.05) is 24.1 Å². The summed E-state index contributed by atoms with van der Waals surface area (Å²) in [6, 6.07) is 9.82. The van der Waals surface area contributed by atoms with E-state index in [2.05, 4.69) is 31.6 Å². The highest BCUT2D eigenvalue weighted by Crippen LogP contribution is 2.36. The minimum absolute atomic E-state index is 0.0508. The van der Waals surface area contributed by atoms with Gasteiger partial charge in [0.15, 0.2) is 5.82 Å². The Morgan fingerprint density at radius 2 is 2.03 bits per heavy atom. The number of pyridine rings is 1. The van der Waals surface area contributed by atoms with Gasteiger partial charge in [0.25, 0.3) is 5.91 Å². The maximum Gasteiger partial charge on any atom is 0.508 e. The minimum atomic E-state index is -1.62. The van der Waals surface area contributed by atoms with Gasteiger partial charge in [0.1, 0.15) is 5.65 Å². The summed E-state index contributed by atoms with van der Waals surface area (Å²) in [4.78, 5) is 25.0. The number of carbonyl (C=O) groups is 1. The Hall–Kier alpha value is -3.25. The minimum Gasteiger partial charge on any atom is -0.422 e. The number of carbonyl (C=O) groups excluding carboxylic acids is 1. The monoisotopic (exact) mass is 514 g/mol. The summed E-state index contributed by atoms with van der Waals surface area (Å²) < 4.78 is 9.83. The van der Waals surface area contributed by atoms with Crippen molar-refractivity contribution in [2.75, 3.05) is 32.8 Å². The van der Waals surface area contributed by atoms with Crippen LogP contribution in [0.2, 0.25) is 0 Å². The number of hydrogen-bond acceptors (Lipinski definition) is 7. The SMILES string of the molecule is Cn1c(-c2cc3ccc(B(O)O)nc3n2CC2CC2)nc2cc3c(cc21)CCN(C[C@H]1COCCN1)C3=O. The molecular formula is C27H31BN6O4. The number of hydrogen-bond donors (Lipinski definition) is 3. The lowest BCUT2D eigenvalue weighted by atomic mass is 9.85. The third-order valence-electron chi connectivity index (χ3n) is 8.11. The number of aryl methyl sites for hydroxylation is 1. The van der Waals surface area contributed by atoms with Crippen LogP contribution in [-0.4, -0.2) is 86.0 Å². The topological polar surface area (TPSA) is 118 Å². The Morgan fingerprint density at radius 1 is 1.16 bits per heavy atom. The average molecular weight is 514 g/mol. The zero-order valence-corrected chi connectivity index (χ0v) is 21.4. The van der Waals surface area contributed by atoms with E-state index in [0.29, 0.717) is 32.2 Å². The van der Waals surface area contributed by atoms with Crippen molar-refractivity contribution in [3.8, 4) is 11.5 Å². The second kappa shape index (κ2) is 9.20. The van der Waals surface area contributed by atoms with Crippen LogP contribution in [0.4, 0.5) is 0 Å². The summed E-state index contributed by atoms with van der Waals surface area (Å²) >= 11 is 0. The fourth-order valence-electron chi connectivity index (χ4n) is 5.84. The van der Waals surface area contributed by atoms with Gasteiger partial charge in [-0.25, -0.2) is 9.97 Å². The molecule has 0 radical (unpaired) electrons. The van der Waals surface area contributed by atoms with Gasteiger partial charge in [-0.1, -0.05) is 6.07 Å². The van der Waals surface area contributed by atoms with Gasteiger partial charge in [0, 0.05) is 50.2 Å². The largest absolute Gasteiger partial charge is 0.508 e. The molecule has 7 rings (SSSR count). The van der Waals surface area contributed by atoms with E-state index in [4.69, 9.17) is 9.72 Å². The molecule has 4 aromatic rings. The van der Waals surface area contributed by atoms with Gasteiger partial charge in [0.2, 0.25) is 0 Å². The maximum absolute atomic E-state index is 13.5. The standard InChI is InChI=1S/C27H31BN6O4/c1-32-22-10-17-6-8-33(14-19-15-38-9-7-29-19)27(35)20(17)12-21(22)30-26(32)23-11-18-4-5-24(28(36)37)31-25(18)34(23)13-16-2-3-16/h4-5,10-12,16,19,29,36-37H,2-3,6-9,13-15H2,1H3/t19-/m0/s1. The molecule has 10 nitrogen and oxygen atoms in total. The molecule has 1 aromatic carbocycles. The van der Waals surface area contributed by atoms with Gasteiger partial charge < -0.3 is 34.1 Å². The lowest BCUT2D eigenvalue weighted by molar-refractivity contribution is 0.0512. The van der Waals surface area contributed by atoms with Crippen molar-refractivity contribution in [1.29, 1.82) is 0 Å². The zero-order chi connectivity index (χ0) is 26.0. The molecule has 1 aliphatic carbocycles. The number of nitrogens with one attached hydrogen (secondary N) is 1. The van der Waals surface area contributed by atoms with Crippen molar-refractivity contribution in [3.63, 3.8) is 0 Å². The van der Waals surface area contributed by atoms with Crippen molar-refractivity contribution in [1.82, 2.24) is 29.3 Å². The second-order valence-electron chi connectivity index (χ2n) is 10.8. The third kappa shape index (κ3) is 4.10. The first-order valence-electron chi connectivity index (χ1n) is 13.4.